The molecule has 0 aromatic heterocycles. The van der Waals surface area contributed by atoms with Crippen LogP contribution in [0.1, 0.15) is 196 Å². The van der Waals surface area contributed by atoms with Gasteiger partial charge in [-0.25, -0.2) is 0 Å². The van der Waals surface area contributed by atoms with Crippen LogP contribution in [0.25, 0.3) is 0 Å². The Labute approximate surface area is 266 Å². The van der Waals surface area contributed by atoms with E-state index in [0.717, 1.165) is 31.8 Å². The molecule has 42 heavy (non-hydrogen) atoms. The molecule has 0 unspecified atom stereocenters. The molecule has 0 rings (SSSR count). The topological polar surface area (TPSA) is 47.6 Å². The van der Waals surface area contributed by atoms with E-state index < -0.39 is 0 Å². The molecule has 0 aliphatic heterocycles. The molecule has 0 aromatic rings. The van der Waals surface area contributed by atoms with Gasteiger partial charge < -0.3 is 14.8 Å². The van der Waals surface area contributed by atoms with E-state index in [4.69, 9.17) is 4.74 Å². The molecule has 0 amide bonds. The Morgan fingerprint density at radius 1 is 0.548 bits per heavy atom. The lowest BCUT2D eigenvalue weighted by atomic mass is 9.94. The maximum atomic E-state index is 12.3. The van der Waals surface area contributed by atoms with Crippen LogP contribution < -0.4 is 5.32 Å². The molecular weight excluding hydrogens is 518 g/mol. The molecule has 1 N–H and O–H groups in total. The van der Waals surface area contributed by atoms with E-state index in [1.807, 2.05) is 0 Å². The number of likely N-dealkylation sites (N-methyl/N-ethyl adjacent to an activating group) is 1. The van der Waals surface area contributed by atoms with Gasteiger partial charge in [0.15, 0.2) is 0 Å². The van der Waals surface area contributed by atoms with Gasteiger partial charge >= 0.3 is 5.97 Å². The lowest BCUT2D eigenvalue weighted by Gasteiger charge is -2.16. The van der Waals surface area contributed by atoms with Gasteiger partial charge in [-0.3, -0.25) is 4.79 Å². The number of methoxy groups -OCH3 is 1. The van der Waals surface area contributed by atoms with Crippen molar-refractivity contribution < 1.29 is 14.3 Å². The second-order valence-corrected chi connectivity index (χ2v) is 12.5. The zero-order chi connectivity index (χ0) is 31.9. The van der Waals surface area contributed by atoms with Crippen LogP contribution in [0, 0.1) is 11.8 Å². The molecule has 4 nitrogen and oxygen atoms in total. The molecule has 0 saturated heterocycles. The minimum Gasteiger partial charge on any atom is -0.464 e. The van der Waals surface area contributed by atoms with Crippen LogP contribution >= 0.6 is 0 Å². The first-order valence-corrected chi connectivity index (χ1v) is 18.8. The molecule has 0 aromatic carbocycles. The van der Waals surface area contributed by atoms with Crippen molar-refractivity contribution in [3.8, 4) is 0 Å². The van der Waals surface area contributed by atoms with Crippen molar-refractivity contribution >= 4 is 5.97 Å². The fourth-order valence-electron chi connectivity index (χ4n) is 5.22. The monoisotopic (exact) mass is 600 g/mol. The Kier molecular flexibility index (Phi) is 46.4. The summed E-state index contributed by atoms with van der Waals surface area (Å²) in [6.07, 6.45) is 32.0. The molecule has 0 spiro atoms. The van der Waals surface area contributed by atoms with Crippen molar-refractivity contribution in [3.05, 3.63) is 0 Å². The number of hydrogen-bond donors (Lipinski definition) is 1. The van der Waals surface area contributed by atoms with Crippen molar-refractivity contribution in [2.45, 2.75) is 196 Å². The predicted octanol–water partition coefficient (Wildman–Crippen LogP) is 12.1. The maximum Gasteiger partial charge on any atom is 0.308 e. The smallest absolute Gasteiger partial charge is 0.308 e. The molecule has 0 atom stereocenters. The Morgan fingerprint density at radius 2 is 0.881 bits per heavy atom. The van der Waals surface area contributed by atoms with Crippen LogP contribution in [-0.2, 0) is 14.3 Å². The minimum atomic E-state index is 0.0360. The van der Waals surface area contributed by atoms with Gasteiger partial charge in [-0.1, -0.05) is 183 Å². The lowest BCUT2D eigenvalue weighted by Crippen LogP contribution is -2.24. The molecule has 0 aliphatic carbocycles. The van der Waals surface area contributed by atoms with Crippen molar-refractivity contribution in [2.24, 2.45) is 11.8 Å². The minimum absolute atomic E-state index is 0.0360. The Morgan fingerprint density at radius 3 is 1.21 bits per heavy atom. The molecular formula is C38H81NO3. The first kappa shape index (κ1) is 45.8. The summed E-state index contributed by atoms with van der Waals surface area (Å²) >= 11 is 0. The summed E-state index contributed by atoms with van der Waals surface area (Å²) in [6, 6.07) is 0. The quantitative estimate of drug-likeness (QED) is 0.0686. The Hall–Kier alpha value is -0.610. The van der Waals surface area contributed by atoms with Gasteiger partial charge in [-0.2, -0.15) is 0 Å². The number of rotatable bonds is 29. The first-order valence-electron chi connectivity index (χ1n) is 18.8. The van der Waals surface area contributed by atoms with Gasteiger partial charge in [-0.05, 0) is 25.3 Å². The van der Waals surface area contributed by atoms with E-state index in [-0.39, 0.29) is 11.9 Å². The van der Waals surface area contributed by atoms with Gasteiger partial charge in [0.2, 0.25) is 0 Å². The fraction of sp³-hybridized carbons (Fsp3) is 0.974. The molecule has 256 valence electrons. The predicted molar refractivity (Wildman–Crippen MR) is 189 cm³/mol. The van der Waals surface area contributed by atoms with Gasteiger partial charge in [-0.15, -0.1) is 0 Å². The van der Waals surface area contributed by atoms with Gasteiger partial charge in [0, 0.05) is 20.8 Å². The van der Waals surface area contributed by atoms with Gasteiger partial charge in [0.25, 0.3) is 0 Å². The van der Waals surface area contributed by atoms with Crippen LogP contribution in [0.4, 0.5) is 0 Å². The average Bonchev–Trinajstić information content (AvgIpc) is 2.98. The third-order valence-corrected chi connectivity index (χ3v) is 8.02. The molecule has 0 radical (unpaired) electrons. The zero-order valence-corrected chi connectivity index (χ0v) is 30.5. The van der Waals surface area contributed by atoms with E-state index in [0.29, 0.717) is 6.61 Å². The maximum absolute atomic E-state index is 12.3. The molecule has 0 heterocycles. The van der Waals surface area contributed by atoms with Crippen LogP contribution in [0.2, 0.25) is 0 Å². The fourth-order valence-corrected chi connectivity index (χ4v) is 5.22. The summed E-state index contributed by atoms with van der Waals surface area (Å²) in [5, 5.41) is 3.20. The van der Waals surface area contributed by atoms with E-state index >= 15 is 0 Å². The number of ether oxygens (including phenoxy) is 2. The van der Waals surface area contributed by atoms with E-state index in [1.165, 1.54) is 141 Å². The highest BCUT2D eigenvalue weighted by atomic mass is 16.5. The number of hydrogen-bond acceptors (Lipinski definition) is 4. The highest BCUT2D eigenvalue weighted by Gasteiger charge is 2.19. The van der Waals surface area contributed by atoms with Crippen LogP contribution in [0.3, 0.4) is 0 Å². The summed E-state index contributed by atoms with van der Waals surface area (Å²) in [5.74, 6) is 1.14. The SMILES string of the molecule is CCCCCCCC(C)CCCCCCC.CCCCCCCC(CCCCCCC)C(=O)OCCNCC.COC. The highest BCUT2D eigenvalue weighted by molar-refractivity contribution is 5.72. The summed E-state index contributed by atoms with van der Waals surface area (Å²) in [5.41, 5.74) is 0. The highest BCUT2D eigenvalue weighted by Crippen LogP contribution is 2.21. The third kappa shape index (κ3) is 41.5. The van der Waals surface area contributed by atoms with Crippen molar-refractivity contribution in [1.82, 2.24) is 5.32 Å². The van der Waals surface area contributed by atoms with Crippen molar-refractivity contribution in [1.29, 1.82) is 0 Å². The van der Waals surface area contributed by atoms with Gasteiger partial charge in [0.05, 0.1) is 5.92 Å². The normalized spacial score (nSPS) is 10.8. The van der Waals surface area contributed by atoms with E-state index in [2.05, 4.69) is 51.6 Å². The molecule has 0 aliphatic rings. The molecule has 4 heteroatoms. The molecule has 0 bridgehead atoms. The average molecular weight is 600 g/mol. The standard InChI is InChI=1S/C20H41NO2.C16H34.C2H6O/c1-4-7-9-11-13-15-19(16-14-12-10-8-5-2)20(22)23-18-17-21-6-3;1-4-6-8-10-12-14-16(3)15-13-11-9-7-5-2;1-3-2/h19,21H,4-18H2,1-3H3;16H,4-15H2,1-3H3;1-2H3. The van der Waals surface area contributed by atoms with Crippen LogP contribution in [0.5, 0.6) is 0 Å². The van der Waals surface area contributed by atoms with Crippen molar-refractivity contribution in [2.75, 3.05) is 33.9 Å². The van der Waals surface area contributed by atoms with E-state index in [1.54, 1.807) is 14.2 Å². The Bertz CT molecular complexity index is 443. The van der Waals surface area contributed by atoms with Crippen molar-refractivity contribution in [3.63, 3.8) is 0 Å². The zero-order valence-electron chi connectivity index (χ0n) is 30.5. The largest absolute Gasteiger partial charge is 0.464 e. The van der Waals surface area contributed by atoms with Gasteiger partial charge in [0.1, 0.15) is 6.61 Å². The second-order valence-electron chi connectivity index (χ2n) is 12.5. The molecule has 0 saturated carbocycles. The summed E-state index contributed by atoms with van der Waals surface area (Å²) < 4.78 is 9.71. The number of unbranched alkanes of at least 4 members (excludes halogenated alkanes) is 16. The lowest BCUT2D eigenvalue weighted by molar-refractivity contribution is -0.149. The number of esters is 1. The Balaban J connectivity index is -0.000000697. The summed E-state index contributed by atoms with van der Waals surface area (Å²) in [6.45, 7) is 15.8. The first-order chi connectivity index (χ1) is 20.5. The number of carbonyl (C=O) groups is 1. The van der Waals surface area contributed by atoms with E-state index in [9.17, 15) is 4.79 Å². The van der Waals surface area contributed by atoms with Crippen LogP contribution in [-0.4, -0.2) is 39.9 Å². The number of nitrogens with one attached hydrogen (secondary N) is 1. The summed E-state index contributed by atoms with van der Waals surface area (Å²) in [7, 11) is 3.25. The second kappa shape index (κ2) is 42.5. The number of carbonyl (C=O) groups excluding carboxylic acids is 1. The third-order valence-electron chi connectivity index (χ3n) is 8.02. The molecule has 0 fully saturated rings. The van der Waals surface area contributed by atoms with Crippen LogP contribution in [0.15, 0.2) is 0 Å². The summed E-state index contributed by atoms with van der Waals surface area (Å²) in [4.78, 5) is 12.3.